The predicted octanol–water partition coefficient (Wildman–Crippen LogP) is 2.92. The van der Waals surface area contributed by atoms with Crippen molar-refractivity contribution >= 4 is 16.5 Å². The van der Waals surface area contributed by atoms with Gasteiger partial charge >= 0.3 is 0 Å². The summed E-state index contributed by atoms with van der Waals surface area (Å²) in [6.07, 6.45) is 6.58. The standard InChI is InChI=1S/C9H17N3S/c1-2-3-4-5-6-7-10-9-12-11-8-13-9/h8H,2-7H2,1H3,(H,10,12). The Kier molecular flexibility index (Phi) is 5.49. The fraction of sp³-hybridized carbons (Fsp3) is 0.778. The Labute approximate surface area is 83.6 Å². The predicted molar refractivity (Wildman–Crippen MR) is 57.2 cm³/mol. The molecule has 0 radical (unpaired) electrons. The fourth-order valence-corrected chi connectivity index (χ4v) is 1.65. The largest absolute Gasteiger partial charge is 0.360 e. The van der Waals surface area contributed by atoms with Crippen LogP contribution < -0.4 is 5.32 Å². The average Bonchev–Trinajstić information content (AvgIpc) is 2.63. The van der Waals surface area contributed by atoms with Gasteiger partial charge < -0.3 is 5.32 Å². The summed E-state index contributed by atoms with van der Waals surface area (Å²) in [5.41, 5.74) is 1.75. The van der Waals surface area contributed by atoms with E-state index in [2.05, 4.69) is 22.4 Å². The highest BCUT2D eigenvalue weighted by molar-refractivity contribution is 7.13. The van der Waals surface area contributed by atoms with E-state index in [1.54, 1.807) is 16.8 Å². The van der Waals surface area contributed by atoms with E-state index >= 15 is 0 Å². The SMILES string of the molecule is CCCCCCCNc1nncs1. The van der Waals surface area contributed by atoms with Crippen molar-refractivity contribution in [2.24, 2.45) is 0 Å². The lowest BCUT2D eigenvalue weighted by molar-refractivity contribution is 0.645. The molecule has 1 heterocycles. The Morgan fingerprint density at radius 1 is 1.31 bits per heavy atom. The van der Waals surface area contributed by atoms with Gasteiger partial charge in [0.15, 0.2) is 0 Å². The molecule has 1 rings (SSSR count). The fourth-order valence-electron chi connectivity index (χ4n) is 1.17. The lowest BCUT2D eigenvalue weighted by Gasteiger charge is -2.00. The molecule has 1 N–H and O–H groups in total. The van der Waals surface area contributed by atoms with Crippen molar-refractivity contribution in [3.05, 3.63) is 5.51 Å². The zero-order chi connectivity index (χ0) is 9.36. The minimum atomic E-state index is 0.940. The van der Waals surface area contributed by atoms with E-state index < -0.39 is 0 Å². The maximum atomic E-state index is 3.91. The summed E-state index contributed by atoms with van der Waals surface area (Å²) in [4.78, 5) is 0. The van der Waals surface area contributed by atoms with Crippen molar-refractivity contribution in [2.75, 3.05) is 11.9 Å². The van der Waals surface area contributed by atoms with Crippen molar-refractivity contribution < 1.29 is 0 Å². The first-order valence-electron chi connectivity index (χ1n) is 4.93. The van der Waals surface area contributed by atoms with Gasteiger partial charge in [-0.25, -0.2) is 0 Å². The number of anilines is 1. The molecule has 13 heavy (non-hydrogen) atoms. The van der Waals surface area contributed by atoms with Crippen LogP contribution >= 0.6 is 11.3 Å². The second kappa shape index (κ2) is 6.83. The molecule has 0 bridgehead atoms. The number of rotatable bonds is 7. The number of hydrogen-bond donors (Lipinski definition) is 1. The van der Waals surface area contributed by atoms with Crippen LogP contribution in [0.3, 0.4) is 0 Å². The monoisotopic (exact) mass is 199 g/mol. The van der Waals surface area contributed by atoms with Crippen LogP contribution in [0, 0.1) is 0 Å². The molecule has 0 spiro atoms. The van der Waals surface area contributed by atoms with E-state index in [0.29, 0.717) is 0 Å². The van der Waals surface area contributed by atoms with Crippen LogP contribution in [-0.4, -0.2) is 16.7 Å². The maximum absolute atomic E-state index is 3.91. The molecule has 0 fully saturated rings. The van der Waals surface area contributed by atoms with Crippen LogP contribution in [0.2, 0.25) is 0 Å². The normalized spacial score (nSPS) is 10.2. The first-order chi connectivity index (χ1) is 6.43. The minimum absolute atomic E-state index is 0.940. The van der Waals surface area contributed by atoms with Gasteiger partial charge in [-0.1, -0.05) is 43.9 Å². The van der Waals surface area contributed by atoms with Gasteiger partial charge in [0, 0.05) is 6.54 Å². The van der Waals surface area contributed by atoms with Gasteiger partial charge in [-0.15, -0.1) is 10.2 Å². The molecule has 0 aliphatic heterocycles. The third-order valence-corrected chi connectivity index (χ3v) is 2.57. The molecular weight excluding hydrogens is 182 g/mol. The summed E-state index contributed by atoms with van der Waals surface area (Å²) in [5.74, 6) is 0. The van der Waals surface area contributed by atoms with Crippen molar-refractivity contribution in [3.63, 3.8) is 0 Å². The first kappa shape index (κ1) is 10.4. The molecule has 1 aromatic heterocycles. The Morgan fingerprint density at radius 3 is 2.85 bits per heavy atom. The third kappa shape index (κ3) is 4.83. The second-order valence-corrected chi connectivity index (χ2v) is 3.92. The van der Waals surface area contributed by atoms with Gasteiger partial charge in [-0.05, 0) is 6.42 Å². The van der Waals surface area contributed by atoms with Crippen LogP contribution in [0.4, 0.5) is 5.13 Å². The zero-order valence-electron chi connectivity index (χ0n) is 8.12. The van der Waals surface area contributed by atoms with Crippen molar-refractivity contribution in [1.29, 1.82) is 0 Å². The van der Waals surface area contributed by atoms with E-state index in [0.717, 1.165) is 11.7 Å². The van der Waals surface area contributed by atoms with E-state index in [-0.39, 0.29) is 0 Å². The van der Waals surface area contributed by atoms with Crippen LogP contribution in [0.5, 0.6) is 0 Å². The summed E-state index contributed by atoms with van der Waals surface area (Å²) in [7, 11) is 0. The molecular formula is C9H17N3S. The molecule has 0 amide bonds. The summed E-state index contributed by atoms with van der Waals surface area (Å²) in [6.45, 7) is 3.26. The van der Waals surface area contributed by atoms with Crippen LogP contribution in [0.25, 0.3) is 0 Å². The first-order valence-corrected chi connectivity index (χ1v) is 5.81. The maximum Gasteiger partial charge on any atom is 0.205 e. The smallest absolute Gasteiger partial charge is 0.205 e. The second-order valence-electron chi connectivity index (χ2n) is 3.08. The van der Waals surface area contributed by atoms with Gasteiger partial charge in [0.05, 0.1) is 0 Å². The van der Waals surface area contributed by atoms with Gasteiger partial charge in [0.25, 0.3) is 0 Å². The Bertz CT molecular complexity index is 199. The number of hydrogen-bond acceptors (Lipinski definition) is 4. The van der Waals surface area contributed by atoms with Gasteiger partial charge in [0.1, 0.15) is 5.51 Å². The molecule has 0 saturated heterocycles. The van der Waals surface area contributed by atoms with Gasteiger partial charge in [-0.3, -0.25) is 0 Å². The van der Waals surface area contributed by atoms with E-state index in [9.17, 15) is 0 Å². The summed E-state index contributed by atoms with van der Waals surface area (Å²) in [6, 6.07) is 0. The highest BCUT2D eigenvalue weighted by atomic mass is 32.1. The number of aromatic nitrogens is 2. The van der Waals surface area contributed by atoms with E-state index in [1.165, 1.54) is 32.1 Å². The molecule has 0 saturated carbocycles. The number of unbranched alkanes of at least 4 members (excludes halogenated alkanes) is 4. The van der Waals surface area contributed by atoms with Crippen molar-refractivity contribution in [1.82, 2.24) is 10.2 Å². The third-order valence-electron chi connectivity index (χ3n) is 1.92. The molecule has 4 heteroatoms. The molecule has 0 aliphatic rings. The molecule has 3 nitrogen and oxygen atoms in total. The van der Waals surface area contributed by atoms with E-state index in [1.807, 2.05) is 0 Å². The van der Waals surface area contributed by atoms with Gasteiger partial charge in [0.2, 0.25) is 5.13 Å². The Balaban J connectivity index is 1.90. The zero-order valence-corrected chi connectivity index (χ0v) is 8.94. The molecule has 0 aromatic carbocycles. The highest BCUT2D eigenvalue weighted by Crippen LogP contribution is 2.08. The van der Waals surface area contributed by atoms with Crippen LogP contribution in [0.1, 0.15) is 39.0 Å². The molecule has 0 atom stereocenters. The quantitative estimate of drug-likeness (QED) is 0.686. The summed E-state index contributed by atoms with van der Waals surface area (Å²) >= 11 is 1.56. The Hall–Kier alpha value is -0.640. The van der Waals surface area contributed by atoms with Crippen LogP contribution in [-0.2, 0) is 0 Å². The van der Waals surface area contributed by atoms with Gasteiger partial charge in [-0.2, -0.15) is 0 Å². The highest BCUT2D eigenvalue weighted by Gasteiger charge is 1.93. The summed E-state index contributed by atoms with van der Waals surface area (Å²) in [5, 5.41) is 11.9. The number of nitrogens with zero attached hydrogens (tertiary/aromatic N) is 2. The summed E-state index contributed by atoms with van der Waals surface area (Å²) < 4.78 is 0. The molecule has 74 valence electrons. The number of nitrogens with one attached hydrogen (secondary N) is 1. The minimum Gasteiger partial charge on any atom is -0.360 e. The van der Waals surface area contributed by atoms with Crippen molar-refractivity contribution in [2.45, 2.75) is 39.0 Å². The van der Waals surface area contributed by atoms with E-state index in [4.69, 9.17) is 0 Å². The van der Waals surface area contributed by atoms with Crippen LogP contribution in [0.15, 0.2) is 5.51 Å². The average molecular weight is 199 g/mol. The molecule has 0 unspecified atom stereocenters. The molecule has 0 aliphatic carbocycles. The van der Waals surface area contributed by atoms with Crippen molar-refractivity contribution in [3.8, 4) is 0 Å². The lowest BCUT2D eigenvalue weighted by atomic mass is 10.1. The lowest BCUT2D eigenvalue weighted by Crippen LogP contribution is -2.00. The molecule has 1 aromatic rings. The Morgan fingerprint density at radius 2 is 2.15 bits per heavy atom. The topological polar surface area (TPSA) is 37.8 Å².